The molecule has 2 N–H and O–H groups in total. The molecule has 0 saturated heterocycles. The highest BCUT2D eigenvalue weighted by Gasteiger charge is 2.12. The number of rotatable bonds is 5. The molecule has 3 aromatic rings. The van der Waals surface area contributed by atoms with Crippen molar-refractivity contribution in [1.82, 2.24) is 14.5 Å². The van der Waals surface area contributed by atoms with Crippen LogP contribution < -0.4 is 5.73 Å². The van der Waals surface area contributed by atoms with Crippen LogP contribution in [0, 0.1) is 5.92 Å². The average Bonchev–Trinajstić information content (AvgIpc) is 2.85. The van der Waals surface area contributed by atoms with Gasteiger partial charge < -0.3 is 10.3 Å². The van der Waals surface area contributed by atoms with Gasteiger partial charge >= 0.3 is 0 Å². The number of nitrogens with two attached hydrogens (primary N) is 1. The molecule has 22 heavy (non-hydrogen) atoms. The Morgan fingerprint density at radius 2 is 1.91 bits per heavy atom. The molecule has 0 spiro atoms. The van der Waals surface area contributed by atoms with Gasteiger partial charge in [-0.05, 0) is 48.7 Å². The Labute approximate surface area is 131 Å². The molecular weight excluding hydrogens is 272 g/mol. The van der Waals surface area contributed by atoms with Crippen molar-refractivity contribution >= 4 is 11.0 Å². The maximum Gasteiger partial charge on any atom is 0.140 e. The summed E-state index contributed by atoms with van der Waals surface area (Å²) in [5.74, 6) is 0.577. The van der Waals surface area contributed by atoms with Crippen LogP contribution in [-0.4, -0.2) is 21.1 Å². The Balaban J connectivity index is 2.12. The van der Waals surface area contributed by atoms with Crippen molar-refractivity contribution in [2.75, 3.05) is 6.54 Å². The van der Waals surface area contributed by atoms with Gasteiger partial charge in [0.25, 0.3) is 0 Å². The quantitative estimate of drug-likeness (QED) is 0.786. The predicted octanol–water partition coefficient (Wildman–Crippen LogP) is 3.26. The molecule has 0 unspecified atom stereocenters. The molecule has 0 fully saturated rings. The van der Waals surface area contributed by atoms with Crippen LogP contribution in [0.15, 0.2) is 42.9 Å². The van der Waals surface area contributed by atoms with E-state index in [-0.39, 0.29) is 0 Å². The van der Waals surface area contributed by atoms with Gasteiger partial charge in [0.05, 0.1) is 5.69 Å². The zero-order chi connectivity index (χ0) is 15.5. The normalized spacial score (nSPS) is 11.5. The lowest BCUT2D eigenvalue weighted by Gasteiger charge is -2.08. The third-order valence-corrected chi connectivity index (χ3v) is 3.76. The van der Waals surface area contributed by atoms with E-state index in [0.717, 1.165) is 29.9 Å². The Morgan fingerprint density at radius 1 is 1.14 bits per heavy atom. The van der Waals surface area contributed by atoms with Crippen molar-refractivity contribution in [1.29, 1.82) is 0 Å². The zero-order valence-electron chi connectivity index (χ0n) is 13.2. The summed E-state index contributed by atoms with van der Waals surface area (Å²) in [7, 11) is 0. The summed E-state index contributed by atoms with van der Waals surface area (Å²) in [4.78, 5) is 8.97. The molecular formula is C18H22N4. The van der Waals surface area contributed by atoms with Crippen LogP contribution in [0.2, 0.25) is 0 Å². The van der Waals surface area contributed by atoms with Gasteiger partial charge in [-0.2, -0.15) is 0 Å². The van der Waals surface area contributed by atoms with Gasteiger partial charge in [0, 0.05) is 36.1 Å². The van der Waals surface area contributed by atoms with Crippen molar-refractivity contribution in [3.8, 4) is 11.3 Å². The fourth-order valence-corrected chi connectivity index (χ4v) is 2.81. The van der Waals surface area contributed by atoms with Crippen LogP contribution in [0.3, 0.4) is 0 Å². The minimum absolute atomic E-state index is 0.577. The Bertz CT molecular complexity index is 759. The van der Waals surface area contributed by atoms with Crippen molar-refractivity contribution in [2.45, 2.75) is 26.8 Å². The second kappa shape index (κ2) is 6.28. The molecule has 4 heteroatoms. The molecule has 0 amide bonds. The third kappa shape index (κ3) is 2.88. The third-order valence-electron chi connectivity index (χ3n) is 3.76. The van der Waals surface area contributed by atoms with E-state index in [4.69, 9.17) is 10.7 Å². The van der Waals surface area contributed by atoms with E-state index >= 15 is 0 Å². The van der Waals surface area contributed by atoms with Gasteiger partial charge in [0.2, 0.25) is 0 Å². The highest BCUT2D eigenvalue weighted by atomic mass is 15.0. The standard InChI is InChI=1S/C18H22N4/c1-13(2)11-22-12-15(5-8-19)16-3-4-17(21-18(16)22)14-6-9-20-10-7-14/h3-4,6-7,9-10,12-13H,5,8,11,19H2,1-2H3. The molecule has 0 saturated carbocycles. The Morgan fingerprint density at radius 3 is 2.59 bits per heavy atom. The molecule has 0 atom stereocenters. The molecule has 3 rings (SSSR count). The summed E-state index contributed by atoms with van der Waals surface area (Å²) in [6, 6.07) is 8.23. The summed E-state index contributed by atoms with van der Waals surface area (Å²) >= 11 is 0. The van der Waals surface area contributed by atoms with Gasteiger partial charge in [-0.1, -0.05) is 13.8 Å². The van der Waals surface area contributed by atoms with Gasteiger partial charge in [-0.25, -0.2) is 4.98 Å². The van der Waals surface area contributed by atoms with Crippen molar-refractivity contribution in [2.24, 2.45) is 11.7 Å². The van der Waals surface area contributed by atoms with Gasteiger partial charge in [-0.15, -0.1) is 0 Å². The van der Waals surface area contributed by atoms with Crippen LogP contribution in [0.1, 0.15) is 19.4 Å². The first-order valence-corrected chi connectivity index (χ1v) is 7.78. The average molecular weight is 294 g/mol. The van der Waals surface area contributed by atoms with Crippen LogP contribution in [0.4, 0.5) is 0 Å². The Kier molecular flexibility index (Phi) is 4.20. The minimum Gasteiger partial charge on any atom is -0.332 e. The van der Waals surface area contributed by atoms with Gasteiger partial charge in [0.1, 0.15) is 5.65 Å². The lowest BCUT2D eigenvalue weighted by molar-refractivity contribution is 0.532. The first-order valence-electron chi connectivity index (χ1n) is 7.78. The summed E-state index contributed by atoms with van der Waals surface area (Å²) in [5.41, 5.74) is 10.2. The fourth-order valence-electron chi connectivity index (χ4n) is 2.81. The van der Waals surface area contributed by atoms with Gasteiger partial charge in [0.15, 0.2) is 0 Å². The van der Waals surface area contributed by atoms with E-state index in [1.165, 1.54) is 10.9 Å². The summed E-state index contributed by atoms with van der Waals surface area (Å²) in [6.45, 7) is 6.07. The molecule has 114 valence electrons. The monoisotopic (exact) mass is 294 g/mol. The van der Waals surface area contributed by atoms with E-state index in [2.05, 4.69) is 41.7 Å². The number of hydrogen-bond donors (Lipinski definition) is 1. The van der Waals surface area contributed by atoms with Crippen molar-refractivity contribution < 1.29 is 0 Å². The molecule has 0 radical (unpaired) electrons. The largest absolute Gasteiger partial charge is 0.332 e. The number of nitrogens with zero attached hydrogens (tertiary/aromatic N) is 3. The maximum absolute atomic E-state index is 5.75. The predicted molar refractivity (Wildman–Crippen MR) is 90.6 cm³/mol. The lowest BCUT2D eigenvalue weighted by Crippen LogP contribution is -2.04. The molecule has 0 bridgehead atoms. The number of aromatic nitrogens is 3. The number of fused-ring (bicyclic) bond motifs is 1. The summed E-state index contributed by atoms with van der Waals surface area (Å²) in [6.07, 6.45) is 6.70. The van der Waals surface area contributed by atoms with Crippen LogP contribution in [0.25, 0.3) is 22.3 Å². The maximum atomic E-state index is 5.75. The summed E-state index contributed by atoms with van der Waals surface area (Å²) in [5, 5.41) is 1.21. The van der Waals surface area contributed by atoms with Gasteiger partial charge in [-0.3, -0.25) is 4.98 Å². The lowest BCUT2D eigenvalue weighted by atomic mass is 10.1. The second-order valence-corrected chi connectivity index (χ2v) is 6.04. The van der Waals surface area contributed by atoms with Crippen molar-refractivity contribution in [3.05, 3.63) is 48.4 Å². The molecule has 0 aliphatic heterocycles. The number of hydrogen-bond acceptors (Lipinski definition) is 3. The van der Waals surface area contributed by atoms with E-state index < -0.39 is 0 Å². The molecule has 4 nitrogen and oxygen atoms in total. The highest BCUT2D eigenvalue weighted by molar-refractivity contribution is 5.83. The van der Waals surface area contributed by atoms with Crippen LogP contribution in [-0.2, 0) is 13.0 Å². The molecule has 0 aliphatic carbocycles. The van der Waals surface area contributed by atoms with E-state index in [1.54, 1.807) is 12.4 Å². The SMILES string of the molecule is CC(C)Cn1cc(CCN)c2ccc(-c3ccncc3)nc21. The Hall–Kier alpha value is -2.20. The zero-order valence-corrected chi connectivity index (χ0v) is 13.2. The first-order chi connectivity index (χ1) is 10.7. The van der Waals surface area contributed by atoms with E-state index in [0.29, 0.717) is 12.5 Å². The topological polar surface area (TPSA) is 56.7 Å². The highest BCUT2D eigenvalue weighted by Crippen LogP contribution is 2.25. The molecule has 3 heterocycles. The fraction of sp³-hybridized carbons (Fsp3) is 0.333. The van der Waals surface area contributed by atoms with Crippen LogP contribution in [0.5, 0.6) is 0 Å². The van der Waals surface area contributed by atoms with E-state index in [9.17, 15) is 0 Å². The van der Waals surface area contributed by atoms with Crippen molar-refractivity contribution in [3.63, 3.8) is 0 Å². The minimum atomic E-state index is 0.577. The number of pyridine rings is 2. The van der Waals surface area contributed by atoms with E-state index in [1.807, 2.05) is 12.1 Å². The molecule has 0 aliphatic rings. The first kappa shape index (κ1) is 14.7. The molecule has 3 aromatic heterocycles. The summed E-state index contributed by atoms with van der Waals surface area (Å²) < 4.78 is 2.26. The second-order valence-electron chi connectivity index (χ2n) is 6.04. The van der Waals surface area contributed by atoms with Crippen LogP contribution >= 0.6 is 0 Å². The molecule has 0 aromatic carbocycles. The smallest absolute Gasteiger partial charge is 0.140 e.